The van der Waals surface area contributed by atoms with Crippen LogP contribution < -0.4 is 15.4 Å². The number of anilines is 2. The predicted octanol–water partition coefficient (Wildman–Crippen LogP) is 2.62. The lowest BCUT2D eigenvalue weighted by atomic mass is 10.2. The van der Waals surface area contributed by atoms with Gasteiger partial charge >= 0.3 is 0 Å². The van der Waals surface area contributed by atoms with Crippen LogP contribution in [0.15, 0.2) is 59.7 Å². The fourth-order valence-corrected chi connectivity index (χ4v) is 4.42. The third kappa shape index (κ3) is 2.76. The molecule has 2 aromatic heterocycles. The first-order valence-electron chi connectivity index (χ1n) is 9.68. The summed E-state index contributed by atoms with van der Waals surface area (Å²) in [6, 6.07) is 15.0. The number of fused-ring (bicyclic) bond motifs is 2. The Bertz CT molecular complexity index is 1060. The molecule has 2 aliphatic rings. The van der Waals surface area contributed by atoms with Crippen molar-refractivity contribution in [2.45, 2.75) is 25.4 Å². The highest BCUT2D eigenvalue weighted by molar-refractivity contribution is 5.61. The summed E-state index contributed by atoms with van der Waals surface area (Å²) in [5.41, 5.74) is 4.15. The second kappa shape index (κ2) is 6.48. The summed E-state index contributed by atoms with van der Waals surface area (Å²) in [5, 5.41) is 0. The molecule has 2 aliphatic heterocycles. The first-order valence-corrected chi connectivity index (χ1v) is 9.68. The van der Waals surface area contributed by atoms with Gasteiger partial charge in [-0.25, -0.2) is 4.98 Å². The molecule has 2 atom stereocenters. The highest BCUT2D eigenvalue weighted by atomic mass is 16.1. The standard InChI is InChI=1S/C22H23N5O/c1-15-3-5-17(6-4-15)26-13-19-11-18(26)14-27(19)22-24-20(12-21(28)25(22)2)16-7-9-23-10-8-16/h3-10,12,18-19H,11,13-14H2,1-2H3. The van der Waals surface area contributed by atoms with Crippen molar-refractivity contribution < 1.29 is 0 Å². The van der Waals surface area contributed by atoms with Crippen LogP contribution in [0.5, 0.6) is 0 Å². The van der Waals surface area contributed by atoms with E-state index in [1.54, 1.807) is 23.0 Å². The van der Waals surface area contributed by atoms with Crippen molar-refractivity contribution in [2.75, 3.05) is 22.9 Å². The summed E-state index contributed by atoms with van der Waals surface area (Å²) in [7, 11) is 1.81. The van der Waals surface area contributed by atoms with E-state index >= 15 is 0 Å². The lowest BCUT2D eigenvalue weighted by Crippen LogP contribution is -2.48. The molecule has 0 spiro atoms. The van der Waals surface area contributed by atoms with Crippen molar-refractivity contribution in [3.63, 3.8) is 0 Å². The summed E-state index contributed by atoms with van der Waals surface area (Å²) >= 11 is 0. The molecular weight excluding hydrogens is 350 g/mol. The molecule has 0 N–H and O–H groups in total. The number of piperazine rings is 1. The van der Waals surface area contributed by atoms with E-state index in [0.29, 0.717) is 17.8 Å². The lowest BCUT2D eigenvalue weighted by molar-refractivity contribution is 0.615. The highest BCUT2D eigenvalue weighted by Gasteiger charge is 2.44. The lowest BCUT2D eigenvalue weighted by Gasteiger charge is -2.36. The number of benzene rings is 1. The largest absolute Gasteiger partial charge is 0.365 e. The van der Waals surface area contributed by atoms with Crippen LogP contribution in [0.3, 0.4) is 0 Å². The topological polar surface area (TPSA) is 54.3 Å². The quantitative estimate of drug-likeness (QED) is 0.706. The minimum Gasteiger partial charge on any atom is -0.365 e. The molecule has 0 aliphatic carbocycles. The maximum absolute atomic E-state index is 12.6. The Labute approximate surface area is 164 Å². The van der Waals surface area contributed by atoms with E-state index < -0.39 is 0 Å². The molecule has 0 radical (unpaired) electrons. The number of nitrogens with zero attached hydrogens (tertiary/aromatic N) is 5. The molecule has 0 amide bonds. The molecule has 6 nitrogen and oxygen atoms in total. The summed E-state index contributed by atoms with van der Waals surface area (Å²) in [6.45, 7) is 3.96. The molecule has 142 valence electrons. The Balaban J connectivity index is 1.45. The molecule has 28 heavy (non-hydrogen) atoms. The predicted molar refractivity (Wildman–Crippen MR) is 111 cm³/mol. The molecule has 2 unspecified atom stereocenters. The van der Waals surface area contributed by atoms with Gasteiger partial charge in [0.2, 0.25) is 5.95 Å². The maximum Gasteiger partial charge on any atom is 0.255 e. The van der Waals surface area contributed by atoms with Crippen LogP contribution in [-0.2, 0) is 7.05 Å². The van der Waals surface area contributed by atoms with Crippen LogP contribution in [-0.4, -0.2) is 39.7 Å². The van der Waals surface area contributed by atoms with Gasteiger partial charge < -0.3 is 9.80 Å². The maximum atomic E-state index is 12.6. The third-order valence-corrected chi connectivity index (χ3v) is 5.95. The second-order valence-electron chi connectivity index (χ2n) is 7.76. The summed E-state index contributed by atoms with van der Waals surface area (Å²) < 4.78 is 1.67. The molecular formula is C22H23N5O. The zero-order valence-electron chi connectivity index (χ0n) is 16.1. The van der Waals surface area contributed by atoms with Gasteiger partial charge in [-0.15, -0.1) is 0 Å². The van der Waals surface area contributed by atoms with E-state index in [-0.39, 0.29) is 5.56 Å². The molecule has 6 heteroatoms. The first-order chi connectivity index (χ1) is 13.6. The van der Waals surface area contributed by atoms with Crippen molar-refractivity contribution in [1.29, 1.82) is 0 Å². The molecule has 2 saturated heterocycles. The van der Waals surface area contributed by atoms with Crippen LogP contribution in [0.4, 0.5) is 11.6 Å². The van der Waals surface area contributed by atoms with Gasteiger partial charge in [-0.3, -0.25) is 14.3 Å². The van der Waals surface area contributed by atoms with Crippen molar-refractivity contribution >= 4 is 11.6 Å². The van der Waals surface area contributed by atoms with Crippen LogP contribution in [0.2, 0.25) is 0 Å². The number of hydrogen-bond acceptors (Lipinski definition) is 5. The van der Waals surface area contributed by atoms with Crippen molar-refractivity contribution in [1.82, 2.24) is 14.5 Å². The van der Waals surface area contributed by atoms with Crippen LogP contribution >= 0.6 is 0 Å². The summed E-state index contributed by atoms with van der Waals surface area (Å²) in [4.78, 5) is 26.3. The zero-order valence-corrected chi connectivity index (χ0v) is 16.1. The van der Waals surface area contributed by atoms with Crippen LogP contribution in [0, 0.1) is 6.92 Å². The Kier molecular flexibility index (Phi) is 3.93. The van der Waals surface area contributed by atoms with E-state index in [2.05, 4.69) is 46.0 Å². The molecule has 4 heterocycles. The van der Waals surface area contributed by atoms with Gasteiger partial charge in [0.15, 0.2) is 0 Å². The van der Waals surface area contributed by atoms with Gasteiger partial charge in [-0.05, 0) is 37.6 Å². The fourth-order valence-electron chi connectivity index (χ4n) is 4.42. The van der Waals surface area contributed by atoms with Crippen molar-refractivity contribution in [2.24, 2.45) is 7.05 Å². The average molecular weight is 373 g/mol. The Morgan fingerprint density at radius 1 is 0.964 bits per heavy atom. The van der Waals surface area contributed by atoms with Crippen LogP contribution in [0.1, 0.15) is 12.0 Å². The van der Waals surface area contributed by atoms with Gasteiger partial charge in [-0.2, -0.15) is 0 Å². The number of aromatic nitrogens is 3. The number of aryl methyl sites for hydroxylation is 1. The number of pyridine rings is 1. The van der Waals surface area contributed by atoms with Crippen molar-refractivity contribution in [3.05, 3.63) is 70.8 Å². The monoisotopic (exact) mass is 373 g/mol. The van der Waals surface area contributed by atoms with Gasteiger partial charge in [-0.1, -0.05) is 17.7 Å². The minimum atomic E-state index is -0.0324. The number of hydrogen-bond donors (Lipinski definition) is 0. The summed E-state index contributed by atoms with van der Waals surface area (Å²) in [5.74, 6) is 0.760. The molecule has 5 rings (SSSR count). The first kappa shape index (κ1) is 17.0. The average Bonchev–Trinajstić information content (AvgIpc) is 3.32. The van der Waals surface area contributed by atoms with E-state index in [4.69, 9.17) is 4.98 Å². The van der Waals surface area contributed by atoms with E-state index in [9.17, 15) is 4.79 Å². The van der Waals surface area contributed by atoms with Crippen molar-refractivity contribution in [3.8, 4) is 11.3 Å². The molecule has 2 bridgehead atoms. The highest BCUT2D eigenvalue weighted by Crippen LogP contribution is 2.36. The zero-order chi connectivity index (χ0) is 19.3. The van der Waals surface area contributed by atoms with Crippen LogP contribution in [0.25, 0.3) is 11.3 Å². The normalized spacial score (nSPS) is 20.8. The van der Waals surface area contributed by atoms with E-state index in [0.717, 1.165) is 31.0 Å². The van der Waals surface area contributed by atoms with E-state index in [1.807, 2.05) is 19.2 Å². The Hall–Kier alpha value is -3.15. The van der Waals surface area contributed by atoms with E-state index in [1.165, 1.54) is 11.3 Å². The smallest absolute Gasteiger partial charge is 0.255 e. The number of rotatable bonds is 3. The Morgan fingerprint density at radius 3 is 2.32 bits per heavy atom. The SMILES string of the molecule is Cc1ccc(N2CC3CC2CN3c2nc(-c3ccncc3)cc(=O)n2C)cc1. The minimum absolute atomic E-state index is 0.0324. The second-order valence-corrected chi connectivity index (χ2v) is 7.76. The molecule has 1 aromatic carbocycles. The Morgan fingerprint density at radius 2 is 1.64 bits per heavy atom. The van der Waals surface area contributed by atoms with Gasteiger partial charge in [0.25, 0.3) is 5.56 Å². The van der Waals surface area contributed by atoms with Gasteiger partial charge in [0.1, 0.15) is 0 Å². The molecule has 0 saturated carbocycles. The molecule has 3 aromatic rings. The van der Waals surface area contributed by atoms with Gasteiger partial charge in [0, 0.05) is 55.9 Å². The van der Waals surface area contributed by atoms with Gasteiger partial charge in [0.05, 0.1) is 11.7 Å². The fraction of sp³-hybridized carbons (Fsp3) is 0.318. The molecule has 2 fully saturated rings. The third-order valence-electron chi connectivity index (χ3n) is 5.95. The summed E-state index contributed by atoms with van der Waals surface area (Å²) in [6.07, 6.45) is 4.56.